The van der Waals surface area contributed by atoms with Crippen molar-refractivity contribution in [2.24, 2.45) is 10.8 Å². The van der Waals surface area contributed by atoms with Gasteiger partial charge in [-0.2, -0.15) is 0 Å². The Balaban J connectivity index is 6.49. The largest absolute Gasteiger partial charge is 0.462 e. The highest BCUT2D eigenvalue weighted by Crippen LogP contribution is 2.29. The first kappa shape index (κ1) is 37.2. The second kappa shape index (κ2) is 19.3. The minimum atomic E-state index is -2.12. The van der Waals surface area contributed by atoms with Crippen LogP contribution in [0.15, 0.2) is 75.9 Å². The summed E-state index contributed by atoms with van der Waals surface area (Å²) in [7, 11) is 0. The molecule has 0 spiro atoms. The normalized spacial score (nSPS) is 11.4. The van der Waals surface area contributed by atoms with E-state index >= 15 is 0 Å². The van der Waals surface area contributed by atoms with Crippen molar-refractivity contribution in [3.05, 3.63) is 75.9 Å². The zero-order valence-electron chi connectivity index (χ0n) is 23.0. The number of carbonyl (C=O) groups is 6. The predicted octanol–water partition coefficient (Wildman–Crippen LogP) is 0.669. The third-order valence-corrected chi connectivity index (χ3v) is 5.12. The van der Waals surface area contributed by atoms with Crippen molar-refractivity contribution < 1.29 is 67.0 Å². The maximum Gasteiger partial charge on any atom is 0.332 e. The SMILES string of the molecule is C=CC(=O)OCC(COCC(COC(=O)C=C)(COC(=O)C=C)C(O)OC(=O)C=C)(COC(=O)C=C)COC(=O)C=C. The van der Waals surface area contributed by atoms with Gasteiger partial charge in [0.25, 0.3) is 0 Å². The van der Waals surface area contributed by atoms with Crippen LogP contribution in [0.1, 0.15) is 0 Å². The summed E-state index contributed by atoms with van der Waals surface area (Å²) in [6, 6.07) is 0. The lowest BCUT2D eigenvalue weighted by Gasteiger charge is -2.37. The summed E-state index contributed by atoms with van der Waals surface area (Å²) in [5, 5.41) is 10.8. The number of carbonyl (C=O) groups excluding carboxylic acids is 6. The molecular weight excluding hydrogens is 560 g/mol. The van der Waals surface area contributed by atoms with Gasteiger partial charge in [0.2, 0.25) is 6.29 Å². The van der Waals surface area contributed by atoms with Gasteiger partial charge in [0, 0.05) is 36.5 Å². The quantitative estimate of drug-likeness (QED) is 0.0797. The van der Waals surface area contributed by atoms with Gasteiger partial charge >= 0.3 is 35.8 Å². The van der Waals surface area contributed by atoms with Crippen LogP contribution in [0.4, 0.5) is 0 Å². The van der Waals surface area contributed by atoms with Gasteiger partial charge in [-0.15, -0.1) is 0 Å². The zero-order chi connectivity index (χ0) is 32.2. The molecule has 42 heavy (non-hydrogen) atoms. The number of ether oxygens (including phenoxy) is 7. The van der Waals surface area contributed by atoms with Crippen LogP contribution < -0.4 is 0 Å². The van der Waals surface area contributed by atoms with E-state index in [4.69, 9.17) is 33.2 Å². The molecule has 0 heterocycles. The molecule has 0 bridgehead atoms. The number of aliphatic hydroxyl groups is 1. The van der Waals surface area contributed by atoms with Crippen LogP contribution in [0, 0.1) is 10.8 Å². The number of hydrogen-bond donors (Lipinski definition) is 1. The molecule has 1 N–H and O–H groups in total. The molecule has 0 fully saturated rings. The topological polar surface area (TPSA) is 187 Å². The lowest BCUT2D eigenvalue weighted by Crippen LogP contribution is -2.51. The summed E-state index contributed by atoms with van der Waals surface area (Å²) in [5.74, 6) is -5.62. The standard InChI is InChI=1S/C28H34O14/c1-7-20(29)37-14-27(15-38-21(30)8-2,16-39-22(31)9-3)13-36-17-28(18-40-23(32)10-4,19-41-24(33)11-5)26(35)42-25(34)12-6/h7-12,26,35H,1-6,13-19H2. The molecule has 0 aromatic rings. The summed E-state index contributed by atoms with van der Waals surface area (Å²) < 4.78 is 36.1. The molecular formula is C28H34O14. The van der Waals surface area contributed by atoms with Crippen LogP contribution in [-0.2, 0) is 61.9 Å². The first-order chi connectivity index (χ1) is 19.9. The number of aliphatic hydroxyl groups excluding tert-OH is 1. The molecule has 0 saturated heterocycles. The van der Waals surface area contributed by atoms with Gasteiger partial charge in [0.1, 0.15) is 38.4 Å². The third-order valence-electron chi connectivity index (χ3n) is 5.12. The van der Waals surface area contributed by atoms with Crippen LogP contribution in [0.25, 0.3) is 0 Å². The van der Waals surface area contributed by atoms with Gasteiger partial charge < -0.3 is 38.3 Å². The fourth-order valence-corrected chi connectivity index (χ4v) is 2.74. The van der Waals surface area contributed by atoms with Gasteiger partial charge in [0.05, 0.1) is 18.6 Å². The third kappa shape index (κ3) is 13.5. The Morgan fingerprint density at radius 2 is 0.810 bits per heavy atom. The van der Waals surface area contributed by atoms with E-state index in [1.807, 2.05) is 0 Å². The van der Waals surface area contributed by atoms with Crippen molar-refractivity contribution in [3.8, 4) is 0 Å². The zero-order valence-corrected chi connectivity index (χ0v) is 23.0. The number of esters is 6. The van der Waals surface area contributed by atoms with Crippen molar-refractivity contribution in [2.75, 3.05) is 46.2 Å². The predicted molar refractivity (Wildman–Crippen MR) is 144 cm³/mol. The van der Waals surface area contributed by atoms with Crippen molar-refractivity contribution in [2.45, 2.75) is 6.29 Å². The van der Waals surface area contributed by atoms with Gasteiger partial charge in [0.15, 0.2) is 0 Å². The Bertz CT molecular complexity index is 973. The van der Waals surface area contributed by atoms with E-state index in [2.05, 4.69) is 39.5 Å². The highest BCUT2D eigenvalue weighted by molar-refractivity contribution is 5.83. The maximum absolute atomic E-state index is 11.9. The maximum atomic E-state index is 11.9. The molecule has 0 aliphatic rings. The molecule has 0 aliphatic carbocycles. The summed E-state index contributed by atoms with van der Waals surface area (Å²) in [5.41, 5.74) is -3.56. The first-order valence-corrected chi connectivity index (χ1v) is 11.9. The molecule has 0 aromatic heterocycles. The van der Waals surface area contributed by atoms with Crippen LogP contribution >= 0.6 is 0 Å². The van der Waals surface area contributed by atoms with E-state index in [1.54, 1.807) is 0 Å². The van der Waals surface area contributed by atoms with E-state index in [-0.39, 0.29) is 0 Å². The smallest absolute Gasteiger partial charge is 0.332 e. The van der Waals surface area contributed by atoms with Crippen molar-refractivity contribution in [3.63, 3.8) is 0 Å². The Labute approximate surface area is 242 Å². The summed E-state index contributed by atoms with van der Waals surface area (Å²) in [4.78, 5) is 71.0. The molecule has 0 amide bonds. The molecule has 0 aliphatic heterocycles. The molecule has 0 aromatic carbocycles. The van der Waals surface area contributed by atoms with Gasteiger partial charge in [-0.05, 0) is 0 Å². The first-order valence-electron chi connectivity index (χ1n) is 11.9. The molecule has 0 rings (SSSR count). The van der Waals surface area contributed by atoms with E-state index in [9.17, 15) is 33.9 Å². The molecule has 14 heteroatoms. The van der Waals surface area contributed by atoms with E-state index in [0.717, 1.165) is 36.5 Å². The second-order valence-electron chi connectivity index (χ2n) is 8.41. The summed E-state index contributed by atoms with van der Waals surface area (Å²) >= 11 is 0. The van der Waals surface area contributed by atoms with E-state index in [0.29, 0.717) is 0 Å². The van der Waals surface area contributed by atoms with Gasteiger partial charge in [-0.25, -0.2) is 28.8 Å². The average Bonchev–Trinajstić information content (AvgIpc) is 3.01. The monoisotopic (exact) mass is 594 g/mol. The Morgan fingerprint density at radius 3 is 1.12 bits per heavy atom. The number of rotatable bonds is 22. The van der Waals surface area contributed by atoms with Crippen LogP contribution in [-0.4, -0.2) is 93.5 Å². The van der Waals surface area contributed by atoms with Gasteiger partial charge in [-0.1, -0.05) is 39.5 Å². The Hall–Kier alpha value is -4.82. The molecule has 0 saturated carbocycles. The van der Waals surface area contributed by atoms with E-state index in [1.165, 1.54) is 0 Å². The summed E-state index contributed by atoms with van der Waals surface area (Å²) in [6.07, 6.45) is 2.80. The molecule has 1 unspecified atom stereocenters. The molecule has 1 atom stereocenters. The Kier molecular flexibility index (Phi) is 17.1. The fourth-order valence-electron chi connectivity index (χ4n) is 2.74. The minimum Gasteiger partial charge on any atom is -0.462 e. The lowest BCUT2D eigenvalue weighted by atomic mass is 9.88. The van der Waals surface area contributed by atoms with Gasteiger partial charge in [-0.3, -0.25) is 0 Å². The van der Waals surface area contributed by atoms with Crippen LogP contribution in [0.2, 0.25) is 0 Å². The second-order valence-corrected chi connectivity index (χ2v) is 8.41. The van der Waals surface area contributed by atoms with Crippen molar-refractivity contribution in [1.29, 1.82) is 0 Å². The highest BCUT2D eigenvalue weighted by atomic mass is 16.6. The molecule has 14 nitrogen and oxygen atoms in total. The molecule has 0 radical (unpaired) electrons. The molecule has 230 valence electrons. The van der Waals surface area contributed by atoms with Crippen LogP contribution in [0.3, 0.4) is 0 Å². The van der Waals surface area contributed by atoms with Crippen molar-refractivity contribution >= 4 is 35.8 Å². The average molecular weight is 595 g/mol. The van der Waals surface area contributed by atoms with Crippen molar-refractivity contribution in [1.82, 2.24) is 0 Å². The fraction of sp³-hybridized carbons (Fsp3) is 0.357. The van der Waals surface area contributed by atoms with Crippen LogP contribution in [0.5, 0.6) is 0 Å². The van der Waals surface area contributed by atoms with E-state index < -0.39 is 99.2 Å². The number of hydrogen-bond acceptors (Lipinski definition) is 14. The Morgan fingerprint density at radius 1 is 0.500 bits per heavy atom. The highest BCUT2D eigenvalue weighted by Gasteiger charge is 2.45. The summed E-state index contributed by atoms with van der Waals surface area (Å²) in [6.45, 7) is 15.2. The minimum absolute atomic E-state index is 0.541. The lowest BCUT2D eigenvalue weighted by molar-refractivity contribution is -0.223.